The van der Waals surface area contributed by atoms with E-state index in [4.69, 9.17) is 4.74 Å². The maximum absolute atomic E-state index is 9.59. The van der Waals surface area contributed by atoms with Crippen LogP contribution in [0.5, 0.6) is 0 Å². The van der Waals surface area contributed by atoms with Crippen LogP contribution in [-0.4, -0.2) is 24.4 Å². The molecule has 0 aliphatic heterocycles. The van der Waals surface area contributed by atoms with Crippen molar-refractivity contribution < 1.29 is 9.84 Å². The van der Waals surface area contributed by atoms with Crippen LogP contribution in [0.25, 0.3) is 0 Å². The van der Waals surface area contributed by atoms with Crippen LogP contribution in [0.3, 0.4) is 0 Å². The Bertz CT molecular complexity index is 130. The standard InChI is InChI=1S/C12H24O2/c1-2-14-10-12(13)9-8-11-6-4-3-5-7-11/h11-13H,2-10H2,1H3. The summed E-state index contributed by atoms with van der Waals surface area (Å²) in [6.45, 7) is 3.19. The molecule has 1 fully saturated rings. The molecule has 0 spiro atoms. The van der Waals surface area contributed by atoms with E-state index in [1.807, 2.05) is 6.92 Å². The smallest absolute Gasteiger partial charge is 0.0773 e. The summed E-state index contributed by atoms with van der Waals surface area (Å²) >= 11 is 0. The molecular weight excluding hydrogens is 176 g/mol. The van der Waals surface area contributed by atoms with Gasteiger partial charge < -0.3 is 9.84 Å². The van der Waals surface area contributed by atoms with Gasteiger partial charge in [0.25, 0.3) is 0 Å². The summed E-state index contributed by atoms with van der Waals surface area (Å²) in [4.78, 5) is 0. The van der Waals surface area contributed by atoms with Crippen molar-refractivity contribution in [3.63, 3.8) is 0 Å². The Morgan fingerprint density at radius 2 is 2.00 bits per heavy atom. The van der Waals surface area contributed by atoms with E-state index in [0.29, 0.717) is 13.2 Å². The van der Waals surface area contributed by atoms with Gasteiger partial charge in [0.2, 0.25) is 0 Å². The molecule has 14 heavy (non-hydrogen) atoms. The molecular formula is C12H24O2. The monoisotopic (exact) mass is 200 g/mol. The van der Waals surface area contributed by atoms with E-state index < -0.39 is 0 Å². The fraction of sp³-hybridized carbons (Fsp3) is 1.00. The molecule has 2 nitrogen and oxygen atoms in total. The van der Waals surface area contributed by atoms with Gasteiger partial charge in [-0.2, -0.15) is 0 Å². The average Bonchev–Trinajstić information content (AvgIpc) is 2.25. The quantitative estimate of drug-likeness (QED) is 0.714. The molecule has 0 aromatic carbocycles. The summed E-state index contributed by atoms with van der Waals surface area (Å²) in [7, 11) is 0. The molecule has 0 heterocycles. The summed E-state index contributed by atoms with van der Waals surface area (Å²) in [6, 6.07) is 0. The van der Waals surface area contributed by atoms with Crippen molar-refractivity contribution in [1.82, 2.24) is 0 Å². The van der Waals surface area contributed by atoms with Crippen LogP contribution in [0.4, 0.5) is 0 Å². The SMILES string of the molecule is CCOCC(O)CCC1CCCCC1. The Labute approximate surface area is 87.7 Å². The van der Waals surface area contributed by atoms with E-state index in [1.165, 1.54) is 38.5 Å². The van der Waals surface area contributed by atoms with Gasteiger partial charge >= 0.3 is 0 Å². The van der Waals surface area contributed by atoms with E-state index in [1.54, 1.807) is 0 Å². The van der Waals surface area contributed by atoms with Gasteiger partial charge in [0.15, 0.2) is 0 Å². The first-order valence-corrected chi connectivity index (χ1v) is 6.08. The average molecular weight is 200 g/mol. The minimum atomic E-state index is -0.239. The third-order valence-electron chi connectivity index (χ3n) is 3.15. The summed E-state index contributed by atoms with van der Waals surface area (Å²) in [5, 5.41) is 9.59. The summed E-state index contributed by atoms with van der Waals surface area (Å²) in [5.41, 5.74) is 0. The molecule has 0 amide bonds. The third-order valence-corrected chi connectivity index (χ3v) is 3.15. The molecule has 0 bridgehead atoms. The lowest BCUT2D eigenvalue weighted by atomic mass is 9.85. The fourth-order valence-corrected chi connectivity index (χ4v) is 2.24. The molecule has 1 atom stereocenters. The van der Waals surface area contributed by atoms with Crippen molar-refractivity contribution in [3.05, 3.63) is 0 Å². The van der Waals surface area contributed by atoms with Gasteiger partial charge in [0.1, 0.15) is 0 Å². The number of aliphatic hydroxyl groups is 1. The number of ether oxygens (including phenoxy) is 1. The van der Waals surface area contributed by atoms with E-state index in [9.17, 15) is 5.11 Å². The molecule has 1 aliphatic rings. The Kier molecular flexibility index (Phi) is 6.20. The van der Waals surface area contributed by atoms with Gasteiger partial charge in [-0.3, -0.25) is 0 Å². The van der Waals surface area contributed by atoms with Gasteiger partial charge in [-0.15, -0.1) is 0 Å². The number of aliphatic hydroxyl groups excluding tert-OH is 1. The topological polar surface area (TPSA) is 29.5 Å². The van der Waals surface area contributed by atoms with Crippen LogP contribution in [0.1, 0.15) is 51.9 Å². The van der Waals surface area contributed by atoms with Crippen molar-refractivity contribution in [2.45, 2.75) is 58.0 Å². The summed E-state index contributed by atoms with van der Waals surface area (Å²) < 4.78 is 5.19. The minimum absolute atomic E-state index is 0.239. The zero-order valence-electron chi connectivity index (χ0n) is 9.37. The van der Waals surface area contributed by atoms with Gasteiger partial charge in [-0.1, -0.05) is 32.1 Å². The van der Waals surface area contributed by atoms with Crippen molar-refractivity contribution in [2.24, 2.45) is 5.92 Å². The van der Waals surface area contributed by atoms with Crippen LogP contribution in [-0.2, 0) is 4.74 Å². The Morgan fingerprint density at radius 3 is 2.64 bits per heavy atom. The van der Waals surface area contributed by atoms with Gasteiger partial charge in [-0.05, 0) is 25.7 Å². The molecule has 84 valence electrons. The molecule has 1 rings (SSSR count). The van der Waals surface area contributed by atoms with Crippen molar-refractivity contribution in [3.8, 4) is 0 Å². The van der Waals surface area contributed by atoms with Crippen LogP contribution in [0.2, 0.25) is 0 Å². The molecule has 1 aliphatic carbocycles. The highest BCUT2D eigenvalue weighted by Crippen LogP contribution is 2.27. The highest BCUT2D eigenvalue weighted by atomic mass is 16.5. The van der Waals surface area contributed by atoms with Gasteiger partial charge in [0, 0.05) is 6.61 Å². The van der Waals surface area contributed by atoms with Crippen LogP contribution < -0.4 is 0 Å². The lowest BCUT2D eigenvalue weighted by Crippen LogP contribution is -2.17. The largest absolute Gasteiger partial charge is 0.391 e. The van der Waals surface area contributed by atoms with E-state index in [-0.39, 0.29) is 6.10 Å². The maximum Gasteiger partial charge on any atom is 0.0773 e. The lowest BCUT2D eigenvalue weighted by Gasteiger charge is -2.22. The molecule has 0 saturated heterocycles. The van der Waals surface area contributed by atoms with Gasteiger partial charge in [-0.25, -0.2) is 0 Å². The Morgan fingerprint density at radius 1 is 1.29 bits per heavy atom. The lowest BCUT2D eigenvalue weighted by molar-refractivity contribution is 0.0338. The van der Waals surface area contributed by atoms with E-state index >= 15 is 0 Å². The van der Waals surface area contributed by atoms with Crippen molar-refractivity contribution >= 4 is 0 Å². The summed E-state index contributed by atoms with van der Waals surface area (Å²) in [5.74, 6) is 0.875. The molecule has 0 radical (unpaired) electrons. The predicted molar refractivity (Wildman–Crippen MR) is 58.3 cm³/mol. The van der Waals surface area contributed by atoms with Crippen molar-refractivity contribution in [1.29, 1.82) is 0 Å². The number of rotatable bonds is 6. The number of hydrogen-bond donors (Lipinski definition) is 1. The Balaban J connectivity index is 2.00. The van der Waals surface area contributed by atoms with Crippen molar-refractivity contribution in [2.75, 3.05) is 13.2 Å². The molecule has 1 saturated carbocycles. The zero-order valence-corrected chi connectivity index (χ0v) is 9.37. The normalized spacial score (nSPS) is 21.0. The van der Waals surface area contributed by atoms with Crippen LogP contribution in [0.15, 0.2) is 0 Å². The maximum atomic E-state index is 9.59. The minimum Gasteiger partial charge on any atom is -0.391 e. The highest BCUT2D eigenvalue weighted by Gasteiger charge is 2.14. The second kappa shape index (κ2) is 7.24. The third kappa shape index (κ3) is 4.97. The first-order valence-electron chi connectivity index (χ1n) is 6.08. The summed E-state index contributed by atoms with van der Waals surface area (Å²) in [6.07, 6.45) is 8.83. The second-order valence-electron chi connectivity index (χ2n) is 4.39. The zero-order chi connectivity index (χ0) is 10.2. The molecule has 1 N–H and O–H groups in total. The van der Waals surface area contributed by atoms with Gasteiger partial charge in [0.05, 0.1) is 12.7 Å². The first kappa shape index (κ1) is 12.0. The number of hydrogen-bond acceptors (Lipinski definition) is 2. The Hall–Kier alpha value is -0.0800. The van der Waals surface area contributed by atoms with E-state index in [0.717, 1.165) is 12.3 Å². The predicted octanol–water partition coefficient (Wildman–Crippen LogP) is 2.74. The molecule has 1 unspecified atom stereocenters. The first-order chi connectivity index (χ1) is 6.83. The molecule has 0 aromatic rings. The van der Waals surface area contributed by atoms with E-state index in [2.05, 4.69) is 0 Å². The molecule has 0 aromatic heterocycles. The molecule has 2 heteroatoms. The second-order valence-corrected chi connectivity index (χ2v) is 4.39. The van der Waals surface area contributed by atoms with Crippen LogP contribution in [0, 0.1) is 5.92 Å². The highest BCUT2D eigenvalue weighted by molar-refractivity contribution is 4.67. The fourth-order valence-electron chi connectivity index (χ4n) is 2.24. The van der Waals surface area contributed by atoms with Crippen LogP contribution >= 0.6 is 0 Å².